The summed E-state index contributed by atoms with van der Waals surface area (Å²) in [5, 5.41) is 11.2. The van der Waals surface area contributed by atoms with Crippen molar-refractivity contribution in [1.29, 1.82) is 0 Å². The van der Waals surface area contributed by atoms with E-state index in [-0.39, 0.29) is 34.9 Å². The fourth-order valence-corrected chi connectivity index (χ4v) is 3.37. The smallest absolute Gasteiger partial charge is 0.407 e. The number of carbonyl (C=O) groups excluding carboxylic acids is 1. The molecule has 1 aromatic carbocycles. The summed E-state index contributed by atoms with van der Waals surface area (Å²) in [6, 6.07) is 6.35. The Kier molecular flexibility index (Phi) is 9.15. The zero-order chi connectivity index (χ0) is 20.9. The minimum atomic E-state index is -3.69. The van der Waals surface area contributed by atoms with Crippen LogP contribution in [0.5, 0.6) is 0 Å². The van der Waals surface area contributed by atoms with Crippen molar-refractivity contribution in [3.05, 3.63) is 29.8 Å². The van der Waals surface area contributed by atoms with Gasteiger partial charge in [0.1, 0.15) is 5.60 Å². The van der Waals surface area contributed by atoms with Crippen molar-refractivity contribution in [3.8, 4) is 0 Å². The number of sulfonamides is 1. The molecule has 29 heavy (non-hydrogen) atoms. The number of benzene rings is 1. The van der Waals surface area contributed by atoms with Gasteiger partial charge in [0, 0.05) is 26.7 Å². The Morgan fingerprint density at radius 2 is 1.93 bits per heavy atom. The van der Waals surface area contributed by atoms with Crippen molar-refractivity contribution in [3.63, 3.8) is 0 Å². The van der Waals surface area contributed by atoms with Gasteiger partial charge in [0.15, 0.2) is 5.96 Å². The Labute approximate surface area is 189 Å². The number of amides is 1. The molecule has 1 saturated heterocycles. The predicted octanol–water partition coefficient (Wildman–Crippen LogP) is 1.63. The van der Waals surface area contributed by atoms with Crippen LogP contribution in [-0.4, -0.2) is 57.2 Å². The number of likely N-dealkylation sites (tertiary alicyclic amines) is 1. The molecule has 1 heterocycles. The molecular weight excluding hydrogens is 509 g/mol. The lowest BCUT2D eigenvalue weighted by atomic mass is 10.2. The molecule has 1 aromatic rings. The summed E-state index contributed by atoms with van der Waals surface area (Å²) in [4.78, 5) is 18.3. The number of ether oxygens (including phenoxy) is 1. The normalized spacial score (nSPS) is 17.5. The number of halogens is 1. The number of hydrogen-bond acceptors (Lipinski definition) is 5. The summed E-state index contributed by atoms with van der Waals surface area (Å²) in [6.45, 7) is 7.35. The summed E-state index contributed by atoms with van der Waals surface area (Å²) in [6.07, 6.45) is 0.375. The predicted molar refractivity (Wildman–Crippen MR) is 123 cm³/mol. The van der Waals surface area contributed by atoms with Crippen LogP contribution in [0.1, 0.15) is 32.8 Å². The molecule has 0 aromatic heterocycles. The summed E-state index contributed by atoms with van der Waals surface area (Å²) in [7, 11) is -2.00. The maximum atomic E-state index is 11.9. The topological polar surface area (TPSA) is 126 Å². The van der Waals surface area contributed by atoms with Crippen LogP contribution in [0.2, 0.25) is 0 Å². The van der Waals surface area contributed by atoms with E-state index in [2.05, 4.69) is 20.5 Å². The number of rotatable bonds is 4. The first-order chi connectivity index (χ1) is 13.0. The second-order valence-electron chi connectivity index (χ2n) is 7.67. The van der Waals surface area contributed by atoms with E-state index in [9.17, 15) is 13.2 Å². The summed E-state index contributed by atoms with van der Waals surface area (Å²) >= 11 is 0. The van der Waals surface area contributed by atoms with E-state index < -0.39 is 21.7 Å². The molecule has 0 saturated carbocycles. The van der Waals surface area contributed by atoms with Crippen LogP contribution in [0.3, 0.4) is 0 Å². The van der Waals surface area contributed by atoms with Crippen molar-refractivity contribution in [2.45, 2.75) is 50.3 Å². The first-order valence-corrected chi connectivity index (χ1v) is 10.6. The van der Waals surface area contributed by atoms with Gasteiger partial charge in [-0.05, 0) is 44.9 Å². The molecule has 1 aliphatic heterocycles. The molecule has 0 bridgehead atoms. The first kappa shape index (κ1) is 25.4. The second kappa shape index (κ2) is 10.4. The molecule has 4 N–H and O–H groups in total. The number of aliphatic imine (C=N–C) groups is 1. The third-order valence-corrected chi connectivity index (χ3v) is 5.05. The number of hydrogen-bond donors (Lipinski definition) is 3. The van der Waals surface area contributed by atoms with Crippen LogP contribution >= 0.6 is 24.0 Å². The Balaban J connectivity index is 0.00000420. The zero-order valence-corrected chi connectivity index (χ0v) is 20.3. The fraction of sp³-hybridized carbons (Fsp3) is 0.556. The third-order valence-electron chi connectivity index (χ3n) is 4.12. The van der Waals surface area contributed by atoms with Gasteiger partial charge >= 0.3 is 6.09 Å². The first-order valence-electron chi connectivity index (χ1n) is 9.05. The lowest BCUT2D eigenvalue weighted by molar-refractivity contribution is 0.0507. The number of nitrogens with one attached hydrogen (secondary N) is 2. The highest BCUT2D eigenvalue weighted by Crippen LogP contribution is 2.13. The third kappa shape index (κ3) is 8.34. The van der Waals surface area contributed by atoms with E-state index in [1.54, 1.807) is 19.2 Å². The van der Waals surface area contributed by atoms with Gasteiger partial charge in [0.2, 0.25) is 10.0 Å². The number of nitrogens with zero attached hydrogens (tertiary/aromatic N) is 2. The Hall–Kier alpha value is -1.60. The monoisotopic (exact) mass is 539 g/mol. The quantitative estimate of drug-likeness (QED) is 0.304. The molecule has 0 aliphatic carbocycles. The molecule has 1 amide bonds. The molecular formula is C18H30IN5O4S. The lowest BCUT2D eigenvalue weighted by Crippen LogP contribution is -2.44. The molecule has 0 radical (unpaired) electrons. The van der Waals surface area contributed by atoms with Gasteiger partial charge in [0.25, 0.3) is 0 Å². The average molecular weight is 539 g/mol. The Morgan fingerprint density at radius 3 is 2.45 bits per heavy atom. The Bertz CT molecular complexity index is 822. The van der Waals surface area contributed by atoms with E-state index in [1.165, 1.54) is 12.1 Å². The van der Waals surface area contributed by atoms with Crippen molar-refractivity contribution in [2.75, 3.05) is 20.1 Å². The standard InChI is InChI=1S/C18H29N5O4S.HI/c1-18(2,3)27-17(24)22-14-9-10-23(12-14)16(20-4)21-11-13-5-7-15(8-6-13)28(19,25)26;/h5-8,14H,9-12H2,1-4H3,(H,20,21)(H,22,24)(H2,19,25,26);1H. The molecule has 0 spiro atoms. The van der Waals surface area contributed by atoms with Gasteiger partial charge in [0.05, 0.1) is 10.9 Å². The molecule has 11 heteroatoms. The molecule has 1 aliphatic rings. The lowest BCUT2D eigenvalue weighted by Gasteiger charge is -2.23. The molecule has 2 rings (SSSR count). The molecule has 1 fully saturated rings. The van der Waals surface area contributed by atoms with E-state index in [1.807, 2.05) is 20.8 Å². The van der Waals surface area contributed by atoms with Crippen LogP contribution in [0.25, 0.3) is 0 Å². The second-order valence-corrected chi connectivity index (χ2v) is 9.23. The fourth-order valence-electron chi connectivity index (χ4n) is 2.86. The number of nitrogens with two attached hydrogens (primary N) is 1. The zero-order valence-electron chi connectivity index (χ0n) is 17.1. The summed E-state index contributed by atoms with van der Waals surface area (Å²) in [5.74, 6) is 0.712. The highest BCUT2D eigenvalue weighted by molar-refractivity contribution is 14.0. The highest BCUT2D eigenvalue weighted by Gasteiger charge is 2.27. The Morgan fingerprint density at radius 1 is 1.31 bits per heavy atom. The largest absolute Gasteiger partial charge is 0.444 e. The van der Waals surface area contributed by atoms with Gasteiger partial charge in [-0.3, -0.25) is 4.99 Å². The van der Waals surface area contributed by atoms with Crippen molar-refractivity contribution < 1.29 is 17.9 Å². The van der Waals surface area contributed by atoms with Gasteiger partial charge in [-0.25, -0.2) is 18.4 Å². The maximum Gasteiger partial charge on any atom is 0.407 e. The number of guanidine groups is 1. The van der Waals surface area contributed by atoms with E-state index in [4.69, 9.17) is 9.88 Å². The molecule has 164 valence electrons. The summed E-state index contributed by atoms with van der Waals surface area (Å²) in [5.41, 5.74) is 0.370. The van der Waals surface area contributed by atoms with Gasteiger partial charge in [-0.15, -0.1) is 24.0 Å². The SMILES string of the molecule is CN=C(NCc1ccc(S(N)(=O)=O)cc1)N1CCC(NC(=O)OC(C)(C)C)C1.I. The summed E-state index contributed by atoms with van der Waals surface area (Å²) < 4.78 is 27.9. The van der Waals surface area contributed by atoms with Crippen molar-refractivity contribution in [2.24, 2.45) is 10.1 Å². The molecule has 9 nitrogen and oxygen atoms in total. The van der Waals surface area contributed by atoms with Crippen LogP contribution in [-0.2, 0) is 21.3 Å². The van der Waals surface area contributed by atoms with Gasteiger partial charge < -0.3 is 20.3 Å². The van der Waals surface area contributed by atoms with Gasteiger partial charge in [-0.2, -0.15) is 0 Å². The molecule has 1 unspecified atom stereocenters. The highest BCUT2D eigenvalue weighted by atomic mass is 127. The number of primary sulfonamides is 1. The van der Waals surface area contributed by atoms with E-state index in [0.717, 1.165) is 18.5 Å². The van der Waals surface area contributed by atoms with E-state index in [0.29, 0.717) is 19.0 Å². The maximum absolute atomic E-state index is 11.9. The van der Waals surface area contributed by atoms with Crippen molar-refractivity contribution in [1.82, 2.24) is 15.5 Å². The van der Waals surface area contributed by atoms with Crippen LogP contribution < -0.4 is 15.8 Å². The number of carbonyl (C=O) groups is 1. The van der Waals surface area contributed by atoms with Crippen LogP contribution in [0, 0.1) is 0 Å². The number of alkyl carbamates (subject to hydrolysis) is 1. The van der Waals surface area contributed by atoms with Crippen LogP contribution in [0.15, 0.2) is 34.2 Å². The molecule has 1 atom stereocenters. The van der Waals surface area contributed by atoms with E-state index >= 15 is 0 Å². The minimum Gasteiger partial charge on any atom is -0.444 e. The van der Waals surface area contributed by atoms with Gasteiger partial charge in [-0.1, -0.05) is 12.1 Å². The average Bonchev–Trinajstić information content (AvgIpc) is 3.01. The van der Waals surface area contributed by atoms with Crippen LogP contribution in [0.4, 0.5) is 4.79 Å². The van der Waals surface area contributed by atoms with Crippen molar-refractivity contribution >= 4 is 46.1 Å². The minimum absolute atomic E-state index is 0.